The second-order valence-corrected chi connectivity index (χ2v) is 4.51. The highest BCUT2D eigenvalue weighted by molar-refractivity contribution is 5.73. The lowest BCUT2D eigenvalue weighted by atomic mass is 10.3. The standard InChI is InChI=1S/C13H9F4N5O/c1-23-11-8(18)19-9-10(21-11)22(12(20-9)13(15,16)17)7-4-2-3-6(14)5-7/h2-5H,1H3,(H2,18,19). The van der Waals surface area contributed by atoms with Crippen molar-refractivity contribution in [3.63, 3.8) is 0 Å². The predicted molar refractivity (Wildman–Crippen MR) is 72.6 cm³/mol. The van der Waals surface area contributed by atoms with Crippen molar-refractivity contribution in [3.8, 4) is 11.6 Å². The summed E-state index contributed by atoms with van der Waals surface area (Å²) in [5.74, 6) is -2.33. The van der Waals surface area contributed by atoms with Gasteiger partial charge in [0.25, 0.3) is 5.88 Å². The molecular weight excluding hydrogens is 318 g/mol. The van der Waals surface area contributed by atoms with Gasteiger partial charge in [-0.2, -0.15) is 18.2 Å². The number of rotatable bonds is 2. The van der Waals surface area contributed by atoms with E-state index in [0.717, 1.165) is 12.1 Å². The summed E-state index contributed by atoms with van der Waals surface area (Å²) < 4.78 is 58.7. The Bertz CT molecular complexity index is 890. The predicted octanol–water partition coefficient (Wildman–Crippen LogP) is 2.56. The van der Waals surface area contributed by atoms with Crippen LogP contribution in [0.25, 0.3) is 17.0 Å². The molecule has 0 spiro atoms. The molecule has 0 aliphatic heterocycles. The van der Waals surface area contributed by atoms with Crippen molar-refractivity contribution in [2.24, 2.45) is 0 Å². The van der Waals surface area contributed by atoms with Gasteiger partial charge in [0.05, 0.1) is 12.8 Å². The molecule has 3 aromatic rings. The molecule has 0 fully saturated rings. The Morgan fingerprint density at radius 1 is 1.17 bits per heavy atom. The van der Waals surface area contributed by atoms with Crippen molar-refractivity contribution < 1.29 is 22.3 Å². The highest BCUT2D eigenvalue weighted by Gasteiger charge is 2.39. The molecule has 120 valence electrons. The molecule has 23 heavy (non-hydrogen) atoms. The van der Waals surface area contributed by atoms with Crippen molar-refractivity contribution in [1.82, 2.24) is 19.5 Å². The molecule has 3 rings (SSSR count). The minimum Gasteiger partial charge on any atom is -0.478 e. The number of alkyl halides is 3. The number of aromatic nitrogens is 4. The summed E-state index contributed by atoms with van der Waals surface area (Å²) in [5.41, 5.74) is 4.88. The lowest BCUT2D eigenvalue weighted by Crippen LogP contribution is -2.14. The molecule has 1 aromatic carbocycles. The maximum absolute atomic E-state index is 13.4. The van der Waals surface area contributed by atoms with E-state index in [0.29, 0.717) is 4.57 Å². The summed E-state index contributed by atoms with van der Waals surface area (Å²) in [5, 5.41) is 0. The molecule has 2 heterocycles. The van der Waals surface area contributed by atoms with Crippen LogP contribution < -0.4 is 10.5 Å². The van der Waals surface area contributed by atoms with Gasteiger partial charge in [-0.3, -0.25) is 4.57 Å². The highest BCUT2D eigenvalue weighted by atomic mass is 19.4. The fourth-order valence-electron chi connectivity index (χ4n) is 2.09. The quantitative estimate of drug-likeness (QED) is 0.732. The van der Waals surface area contributed by atoms with Gasteiger partial charge in [-0.15, -0.1) is 0 Å². The van der Waals surface area contributed by atoms with Crippen molar-refractivity contribution in [1.29, 1.82) is 0 Å². The lowest BCUT2D eigenvalue weighted by Gasteiger charge is -2.11. The first-order valence-corrected chi connectivity index (χ1v) is 6.24. The van der Waals surface area contributed by atoms with Gasteiger partial charge < -0.3 is 10.5 Å². The molecule has 0 saturated heterocycles. The number of anilines is 1. The van der Waals surface area contributed by atoms with Crippen LogP contribution in [0.4, 0.5) is 23.4 Å². The van der Waals surface area contributed by atoms with Crippen molar-refractivity contribution in [2.45, 2.75) is 6.18 Å². The fraction of sp³-hybridized carbons (Fsp3) is 0.154. The van der Waals surface area contributed by atoms with E-state index >= 15 is 0 Å². The number of methoxy groups -OCH3 is 1. The second kappa shape index (κ2) is 5.07. The number of hydrogen-bond donors (Lipinski definition) is 1. The van der Waals surface area contributed by atoms with Gasteiger partial charge in [0, 0.05) is 0 Å². The molecule has 0 saturated carbocycles. The zero-order chi connectivity index (χ0) is 16.8. The van der Waals surface area contributed by atoms with Gasteiger partial charge in [-0.05, 0) is 18.2 Å². The van der Waals surface area contributed by atoms with E-state index in [4.69, 9.17) is 10.5 Å². The van der Waals surface area contributed by atoms with Crippen LogP contribution in [0.2, 0.25) is 0 Å². The van der Waals surface area contributed by atoms with Gasteiger partial charge in [-0.25, -0.2) is 14.4 Å². The van der Waals surface area contributed by atoms with Crippen LogP contribution in [-0.2, 0) is 6.18 Å². The van der Waals surface area contributed by atoms with E-state index in [9.17, 15) is 17.6 Å². The Balaban J connectivity index is 2.40. The van der Waals surface area contributed by atoms with E-state index in [1.165, 1.54) is 19.2 Å². The molecular formula is C13H9F4N5O. The molecule has 2 N–H and O–H groups in total. The van der Waals surface area contributed by atoms with Gasteiger partial charge >= 0.3 is 6.18 Å². The summed E-state index contributed by atoms with van der Waals surface area (Å²) >= 11 is 0. The topological polar surface area (TPSA) is 78.8 Å². The van der Waals surface area contributed by atoms with Crippen LogP contribution in [0.5, 0.6) is 5.88 Å². The van der Waals surface area contributed by atoms with Gasteiger partial charge in [0.2, 0.25) is 11.5 Å². The largest absolute Gasteiger partial charge is 0.478 e. The third-order valence-corrected chi connectivity index (χ3v) is 3.00. The Morgan fingerprint density at radius 2 is 1.91 bits per heavy atom. The molecule has 2 aromatic heterocycles. The third-order valence-electron chi connectivity index (χ3n) is 3.00. The molecule has 0 radical (unpaired) electrons. The summed E-state index contributed by atoms with van der Waals surface area (Å²) in [6.45, 7) is 0. The first-order valence-electron chi connectivity index (χ1n) is 6.24. The molecule has 0 unspecified atom stereocenters. The SMILES string of the molecule is COc1nc2c(nc1N)nc(C(F)(F)F)n2-c1cccc(F)c1. The molecule has 10 heteroatoms. The van der Waals surface area contributed by atoms with Crippen molar-refractivity contribution in [3.05, 3.63) is 35.9 Å². The monoisotopic (exact) mass is 327 g/mol. The average molecular weight is 327 g/mol. The maximum atomic E-state index is 13.4. The number of nitrogens with zero attached hydrogens (tertiary/aromatic N) is 4. The first-order chi connectivity index (χ1) is 10.8. The van der Waals surface area contributed by atoms with E-state index in [2.05, 4.69) is 15.0 Å². The minimum atomic E-state index is -4.79. The van der Waals surface area contributed by atoms with E-state index < -0.39 is 17.8 Å². The Labute approximate surface area is 126 Å². The van der Waals surface area contributed by atoms with Crippen LogP contribution in [0.1, 0.15) is 5.82 Å². The van der Waals surface area contributed by atoms with E-state index in [-0.39, 0.29) is 28.7 Å². The molecule has 0 amide bonds. The Kier molecular flexibility index (Phi) is 3.31. The van der Waals surface area contributed by atoms with Gasteiger partial charge in [0.1, 0.15) is 5.82 Å². The zero-order valence-corrected chi connectivity index (χ0v) is 11.6. The van der Waals surface area contributed by atoms with E-state index in [1.807, 2.05) is 0 Å². The molecule has 0 aliphatic carbocycles. The normalized spacial score (nSPS) is 11.9. The zero-order valence-electron chi connectivity index (χ0n) is 11.6. The van der Waals surface area contributed by atoms with Gasteiger partial charge in [0.15, 0.2) is 11.5 Å². The lowest BCUT2D eigenvalue weighted by molar-refractivity contribution is -0.145. The third kappa shape index (κ3) is 2.51. The Hall–Kier alpha value is -2.91. The van der Waals surface area contributed by atoms with Crippen LogP contribution in [0, 0.1) is 5.82 Å². The van der Waals surface area contributed by atoms with E-state index in [1.54, 1.807) is 0 Å². The number of hydrogen-bond acceptors (Lipinski definition) is 5. The number of benzene rings is 1. The summed E-state index contributed by atoms with van der Waals surface area (Å²) in [7, 11) is 1.25. The summed E-state index contributed by atoms with van der Waals surface area (Å²) in [6, 6.07) is 4.61. The van der Waals surface area contributed by atoms with Crippen LogP contribution >= 0.6 is 0 Å². The van der Waals surface area contributed by atoms with Crippen LogP contribution in [0.3, 0.4) is 0 Å². The number of ether oxygens (including phenoxy) is 1. The molecule has 0 aliphatic rings. The number of fused-ring (bicyclic) bond motifs is 1. The number of nitrogen functional groups attached to an aromatic ring is 1. The molecule has 0 bridgehead atoms. The fourth-order valence-corrected chi connectivity index (χ4v) is 2.09. The Morgan fingerprint density at radius 3 is 2.52 bits per heavy atom. The average Bonchev–Trinajstić information content (AvgIpc) is 2.84. The highest BCUT2D eigenvalue weighted by Crippen LogP contribution is 2.34. The minimum absolute atomic E-state index is 0.0963. The number of halogens is 4. The van der Waals surface area contributed by atoms with Gasteiger partial charge in [-0.1, -0.05) is 6.07 Å². The van der Waals surface area contributed by atoms with Crippen molar-refractivity contribution in [2.75, 3.05) is 12.8 Å². The molecule has 6 nitrogen and oxygen atoms in total. The number of nitrogens with two attached hydrogens (primary N) is 1. The van der Waals surface area contributed by atoms with Crippen LogP contribution in [0.15, 0.2) is 24.3 Å². The smallest absolute Gasteiger partial charge is 0.450 e. The molecule has 0 atom stereocenters. The summed E-state index contributed by atoms with van der Waals surface area (Å²) in [4.78, 5) is 11.1. The second-order valence-electron chi connectivity index (χ2n) is 4.51. The summed E-state index contributed by atoms with van der Waals surface area (Å²) in [6.07, 6.45) is -4.79. The van der Waals surface area contributed by atoms with Crippen LogP contribution in [-0.4, -0.2) is 26.6 Å². The number of imidazole rings is 1. The maximum Gasteiger partial charge on any atom is 0.450 e. The van der Waals surface area contributed by atoms with Crippen molar-refractivity contribution >= 4 is 17.1 Å². The first kappa shape index (κ1) is 15.0.